The normalized spacial score (nSPS) is 11.8. The van der Waals surface area contributed by atoms with E-state index < -0.39 is 0 Å². The number of H-pyrrole nitrogens is 1. The fourth-order valence-corrected chi connectivity index (χ4v) is 1.84. The van der Waals surface area contributed by atoms with Crippen molar-refractivity contribution >= 4 is 16.9 Å². The van der Waals surface area contributed by atoms with Gasteiger partial charge in [0.25, 0.3) is 0 Å². The van der Waals surface area contributed by atoms with Crippen molar-refractivity contribution in [3.05, 3.63) is 29.5 Å². The Balaban J connectivity index is 2.53. The zero-order valence-electron chi connectivity index (χ0n) is 11.2. The third-order valence-corrected chi connectivity index (χ3v) is 2.90. The summed E-state index contributed by atoms with van der Waals surface area (Å²) in [5.74, 6) is -0.380. The maximum absolute atomic E-state index is 11.8. The number of benzene rings is 1. The molecule has 0 saturated carbocycles. The Bertz CT molecular complexity index is 579. The van der Waals surface area contributed by atoms with E-state index in [1.165, 1.54) is 5.56 Å². The molecule has 18 heavy (non-hydrogen) atoms. The standard InChI is InChI=1S/C14H18N2O2/c1-5-18-13(17)12-10-8-9(14(2,3)4)6-7-11(10)15-16-12/h6-8H,5H2,1-4H3,(H,15,16). The predicted molar refractivity (Wildman–Crippen MR) is 70.8 cm³/mol. The molecule has 0 fully saturated rings. The summed E-state index contributed by atoms with van der Waals surface area (Å²) in [5, 5.41) is 7.71. The van der Waals surface area contributed by atoms with Gasteiger partial charge in [-0.05, 0) is 30.0 Å². The van der Waals surface area contributed by atoms with Crippen LogP contribution in [-0.2, 0) is 10.2 Å². The monoisotopic (exact) mass is 246 g/mol. The molecule has 0 aliphatic carbocycles. The Morgan fingerprint density at radius 2 is 2.11 bits per heavy atom. The molecule has 2 rings (SSSR count). The van der Waals surface area contributed by atoms with Crippen LogP contribution in [-0.4, -0.2) is 22.8 Å². The molecule has 0 radical (unpaired) electrons. The van der Waals surface area contributed by atoms with Crippen molar-refractivity contribution in [3.8, 4) is 0 Å². The maximum Gasteiger partial charge on any atom is 0.359 e. The fourth-order valence-electron chi connectivity index (χ4n) is 1.84. The first-order chi connectivity index (χ1) is 8.43. The Morgan fingerprint density at radius 1 is 1.39 bits per heavy atom. The molecule has 1 aromatic heterocycles. The van der Waals surface area contributed by atoms with Crippen LogP contribution in [0.15, 0.2) is 18.2 Å². The van der Waals surface area contributed by atoms with Gasteiger partial charge in [0.1, 0.15) is 0 Å². The highest BCUT2D eigenvalue weighted by atomic mass is 16.5. The van der Waals surface area contributed by atoms with Crippen LogP contribution in [0.4, 0.5) is 0 Å². The molecule has 0 saturated heterocycles. The van der Waals surface area contributed by atoms with Gasteiger partial charge in [-0.15, -0.1) is 0 Å². The number of carbonyl (C=O) groups is 1. The molecule has 0 spiro atoms. The van der Waals surface area contributed by atoms with Crippen LogP contribution in [0.1, 0.15) is 43.7 Å². The molecular weight excluding hydrogens is 228 g/mol. The number of nitrogens with zero attached hydrogens (tertiary/aromatic N) is 1. The first kappa shape index (κ1) is 12.6. The number of aromatic nitrogens is 2. The Hall–Kier alpha value is -1.84. The van der Waals surface area contributed by atoms with Gasteiger partial charge in [0.2, 0.25) is 0 Å². The molecule has 0 aliphatic heterocycles. The van der Waals surface area contributed by atoms with E-state index in [2.05, 4.69) is 37.0 Å². The van der Waals surface area contributed by atoms with Crippen molar-refractivity contribution in [1.82, 2.24) is 10.2 Å². The van der Waals surface area contributed by atoms with E-state index in [-0.39, 0.29) is 11.4 Å². The maximum atomic E-state index is 11.8. The predicted octanol–water partition coefficient (Wildman–Crippen LogP) is 3.04. The molecule has 4 nitrogen and oxygen atoms in total. The summed E-state index contributed by atoms with van der Waals surface area (Å²) in [6, 6.07) is 6.01. The van der Waals surface area contributed by atoms with Crippen molar-refractivity contribution in [1.29, 1.82) is 0 Å². The lowest BCUT2D eigenvalue weighted by molar-refractivity contribution is 0.0521. The van der Waals surface area contributed by atoms with E-state index in [0.29, 0.717) is 12.3 Å². The first-order valence-electron chi connectivity index (χ1n) is 6.09. The van der Waals surface area contributed by atoms with E-state index in [4.69, 9.17) is 4.74 Å². The quantitative estimate of drug-likeness (QED) is 0.829. The van der Waals surface area contributed by atoms with Crippen molar-refractivity contribution < 1.29 is 9.53 Å². The number of ether oxygens (including phenoxy) is 1. The van der Waals surface area contributed by atoms with Gasteiger partial charge in [0.05, 0.1) is 12.1 Å². The molecule has 1 heterocycles. The molecule has 1 N–H and O–H groups in total. The van der Waals surface area contributed by atoms with Gasteiger partial charge >= 0.3 is 5.97 Å². The number of hydrogen-bond acceptors (Lipinski definition) is 3. The summed E-state index contributed by atoms with van der Waals surface area (Å²) in [4.78, 5) is 11.8. The SMILES string of the molecule is CCOC(=O)c1n[nH]c2ccc(C(C)(C)C)cc12. The topological polar surface area (TPSA) is 55.0 Å². The van der Waals surface area contributed by atoms with Crippen LogP contribution in [0.3, 0.4) is 0 Å². The minimum Gasteiger partial charge on any atom is -0.461 e. The molecule has 0 unspecified atom stereocenters. The minimum absolute atomic E-state index is 0.0391. The molecule has 96 valence electrons. The second kappa shape index (κ2) is 4.44. The highest BCUT2D eigenvalue weighted by Crippen LogP contribution is 2.26. The molecule has 0 bridgehead atoms. The van der Waals surface area contributed by atoms with Gasteiger partial charge in [-0.2, -0.15) is 5.10 Å². The molecular formula is C14H18N2O2. The number of fused-ring (bicyclic) bond motifs is 1. The zero-order chi connectivity index (χ0) is 13.3. The van der Waals surface area contributed by atoms with Crippen LogP contribution in [0.5, 0.6) is 0 Å². The smallest absolute Gasteiger partial charge is 0.359 e. The van der Waals surface area contributed by atoms with Crippen molar-refractivity contribution in [2.45, 2.75) is 33.1 Å². The van der Waals surface area contributed by atoms with Crippen LogP contribution >= 0.6 is 0 Å². The number of rotatable bonds is 2. The zero-order valence-corrected chi connectivity index (χ0v) is 11.2. The van der Waals surface area contributed by atoms with E-state index in [0.717, 1.165) is 10.9 Å². The van der Waals surface area contributed by atoms with Gasteiger partial charge in [-0.1, -0.05) is 26.8 Å². The average molecular weight is 246 g/mol. The largest absolute Gasteiger partial charge is 0.461 e. The van der Waals surface area contributed by atoms with Crippen LogP contribution in [0.25, 0.3) is 10.9 Å². The molecule has 2 aromatic rings. The number of hydrogen-bond donors (Lipinski definition) is 1. The van der Waals surface area contributed by atoms with E-state index in [9.17, 15) is 4.79 Å². The summed E-state index contributed by atoms with van der Waals surface area (Å²) in [7, 11) is 0. The van der Waals surface area contributed by atoms with E-state index in [1.54, 1.807) is 6.92 Å². The van der Waals surface area contributed by atoms with Crippen LogP contribution in [0, 0.1) is 0 Å². The second-order valence-corrected chi connectivity index (χ2v) is 5.30. The number of nitrogens with one attached hydrogen (secondary N) is 1. The minimum atomic E-state index is -0.380. The van der Waals surface area contributed by atoms with E-state index >= 15 is 0 Å². The summed E-state index contributed by atoms with van der Waals surface area (Å²) in [6.45, 7) is 8.55. The lowest BCUT2D eigenvalue weighted by atomic mass is 9.86. The Labute approximate surface area is 106 Å². The van der Waals surface area contributed by atoms with Crippen molar-refractivity contribution in [3.63, 3.8) is 0 Å². The number of carbonyl (C=O) groups excluding carboxylic acids is 1. The third-order valence-electron chi connectivity index (χ3n) is 2.90. The molecule has 0 amide bonds. The fraction of sp³-hybridized carbons (Fsp3) is 0.429. The highest BCUT2D eigenvalue weighted by Gasteiger charge is 2.19. The van der Waals surface area contributed by atoms with Crippen LogP contribution < -0.4 is 0 Å². The van der Waals surface area contributed by atoms with Gasteiger partial charge in [-0.25, -0.2) is 4.79 Å². The molecule has 1 aromatic carbocycles. The van der Waals surface area contributed by atoms with Gasteiger partial charge in [0, 0.05) is 5.39 Å². The molecule has 4 heteroatoms. The lowest BCUT2D eigenvalue weighted by Crippen LogP contribution is -2.11. The average Bonchev–Trinajstić information content (AvgIpc) is 2.70. The number of esters is 1. The van der Waals surface area contributed by atoms with Crippen LogP contribution in [0.2, 0.25) is 0 Å². The molecule has 0 aliphatic rings. The van der Waals surface area contributed by atoms with Crippen molar-refractivity contribution in [2.75, 3.05) is 6.61 Å². The Morgan fingerprint density at radius 3 is 2.72 bits per heavy atom. The van der Waals surface area contributed by atoms with Crippen molar-refractivity contribution in [2.24, 2.45) is 0 Å². The first-order valence-corrected chi connectivity index (χ1v) is 6.09. The van der Waals surface area contributed by atoms with E-state index in [1.807, 2.05) is 12.1 Å². The summed E-state index contributed by atoms with van der Waals surface area (Å²) in [5.41, 5.74) is 2.42. The summed E-state index contributed by atoms with van der Waals surface area (Å²) >= 11 is 0. The summed E-state index contributed by atoms with van der Waals surface area (Å²) < 4.78 is 5.00. The highest BCUT2D eigenvalue weighted by molar-refractivity contribution is 6.02. The van der Waals surface area contributed by atoms with Gasteiger partial charge in [-0.3, -0.25) is 5.10 Å². The Kier molecular flexibility index (Phi) is 3.11. The third kappa shape index (κ3) is 2.23. The van der Waals surface area contributed by atoms with Gasteiger partial charge in [0.15, 0.2) is 5.69 Å². The number of aromatic amines is 1. The molecule has 0 atom stereocenters. The summed E-state index contributed by atoms with van der Waals surface area (Å²) in [6.07, 6.45) is 0. The van der Waals surface area contributed by atoms with Gasteiger partial charge < -0.3 is 4.74 Å². The second-order valence-electron chi connectivity index (χ2n) is 5.30. The lowest BCUT2D eigenvalue weighted by Gasteiger charge is -2.18.